The van der Waals surface area contributed by atoms with E-state index in [-0.39, 0.29) is 12.4 Å². The molecule has 2 aromatic carbocycles. The number of halogens is 1. The van der Waals surface area contributed by atoms with Crippen molar-refractivity contribution >= 4 is 17.7 Å². The quantitative estimate of drug-likeness (QED) is 0.312. The van der Waals surface area contributed by atoms with Crippen molar-refractivity contribution in [1.82, 2.24) is 10.6 Å². The third kappa shape index (κ3) is 5.86. The van der Waals surface area contributed by atoms with E-state index in [0.717, 1.165) is 17.9 Å². The minimum atomic E-state index is -0.387. The first kappa shape index (κ1) is 18.3. The zero-order valence-electron chi connectivity index (χ0n) is 13.6. The molecule has 0 saturated carbocycles. The first-order chi connectivity index (χ1) is 11.7. The monoisotopic (exact) mass is 347 g/mol. The molecular formula is C18H22FN3OS. The number of thioether (sulfide) groups is 1. The fourth-order valence-electron chi connectivity index (χ4n) is 2.12. The van der Waals surface area contributed by atoms with E-state index < -0.39 is 0 Å². The van der Waals surface area contributed by atoms with Crippen LogP contribution in [0.3, 0.4) is 0 Å². The summed E-state index contributed by atoms with van der Waals surface area (Å²) >= 11 is 1.78. The molecule has 0 radical (unpaired) electrons. The average Bonchev–Trinajstić information content (AvgIpc) is 2.63. The number of aliphatic hydroxyl groups excluding tert-OH is 1. The van der Waals surface area contributed by atoms with E-state index in [9.17, 15) is 4.39 Å². The molecule has 0 heterocycles. The van der Waals surface area contributed by atoms with Crippen molar-refractivity contribution in [3.05, 3.63) is 65.5 Å². The Hall–Kier alpha value is -2.05. The average molecular weight is 347 g/mol. The van der Waals surface area contributed by atoms with Gasteiger partial charge < -0.3 is 15.7 Å². The Bertz CT molecular complexity index is 665. The molecule has 0 unspecified atom stereocenters. The predicted molar refractivity (Wildman–Crippen MR) is 97.7 cm³/mol. The number of aliphatic imine (C=N–C) groups is 1. The summed E-state index contributed by atoms with van der Waals surface area (Å²) in [5, 5.41) is 15.5. The van der Waals surface area contributed by atoms with E-state index in [0.29, 0.717) is 18.1 Å². The lowest BCUT2D eigenvalue weighted by Crippen LogP contribution is -2.37. The van der Waals surface area contributed by atoms with Gasteiger partial charge in [0.2, 0.25) is 0 Å². The molecule has 24 heavy (non-hydrogen) atoms. The Morgan fingerprint density at radius 3 is 2.67 bits per heavy atom. The molecule has 0 aliphatic carbocycles. The third-order valence-electron chi connectivity index (χ3n) is 3.37. The smallest absolute Gasteiger partial charge is 0.191 e. The number of hydrogen-bond acceptors (Lipinski definition) is 3. The summed E-state index contributed by atoms with van der Waals surface area (Å²) in [4.78, 5) is 5.41. The van der Waals surface area contributed by atoms with Crippen LogP contribution in [0, 0.1) is 5.82 Å². The highest BCUT2D eigenvalue weighted by Gasteiger charge is 2.03. The summed E-state index contributed by atoms with van der Waals surface area (Å²) in [5.74, 6) is 1.23. The van der Waals surface area contributed by atoms with E-state index in [1.54, 1.807) is 30.9 Å². The number of nitrogens with one attached hydrogen (secondary N) is 2. The second kappa shape index (κ2) is 9.95. The van der Waals surface area contributed by atoms with E-state index in [1.807, 2.05) is 18.2 Å². The SMILES string of the molecule is CN=C(NCCSc1ccccc1)NCc1ccc(F)c(CO)c1. The summed E-state index contributed by atoms with van der Waals surface area (Å²) in [6, 6.07) is 15.0. The largest absolute Gasteiger partial charge is 0.392 e. The number of aliphatic hydroxyl groups is 1. The van der Waals surface area contributed by atoms with Crippen LogP contribution in [-0.2, 0) is 13.2 Å². The highest BCUT2D eigenvalue weighted by Crippen LogP contribution is 2.15. The van der Waals surface area contributed by atoms with Crippen LogP contribution in [0.5, 0.6) is 0 Å². The molecule has 128 valence electrons. The van der Waals surface area contributed by atoms with E-state index in [2.05, 4.69) is 27.8 Å². The maximum atomic E-state index is 13.4. The molecule has 0 fully saturated rings. The molecule has 0 saturated heterocycles. The minimum absolute atomic E-state index is 0.302. The number of benzene rings is 2. The van der Waals surface area contributed by atoms with Gasteiger partial charge in [-0.25, -0.2) is 4.39 Å². The van der Waals surface area contributed by atoms with Gasteiger partial charge in [0.25, 0.3) is 0 Å². The Balaban J connectivity index is 1.74. The van der Waals surface area contributed by atoms with Gasteiger partial charge in [0.05, 0.1) is 6.61 Å². The van der Waals surface area contributed by atoms with Crippen LogP contribution in [-0.4, -0.2) is 30.4 Å². The van der Waals surface area contributed by atoms with Gasteiger partial charge in [-0.3, -0.25) is 4.99 Å². The summed E-state index contributed by atoms with van der Waals surface area (Å²) in [6.07, 6.45) is 0. The maximum Gasteiger partial charge on any atom is 0.191 e. The molecule has 2 rings (SSSR count). The summed E-state index contributed by atoms with van der Waals surface area (Å²) in [5.41, 5.74) is 1.19. The number of rotatable bonds is 7. The minimum Gasteiger partial charge on any atom is -0.392 e. The number of nitrogens with zero attached hydrogens (tertiary/aromatic N) is 1. The molecule has 0 aromatic heterocycles. The molecule has 0 spiro atoms. The molecule has 3 N–H and O–H groups in total. The Morgan fingerprint density at radius 1 is 1.17 bits per heavy atom. The lowest BCUT2D eigenvalue weighted by Gasteiger charge is -2.12. The fourth-order valence-corrected chi connectivity index (χ4v) is 2.91. The highest BCUT2D eigenvalue weighted by molar-refractivity contribution is 7.99. The van der Waals surface area contributed by atoms with Crippen molar-refractivity contribution in [2.24, 2.45) is 4.99 Å². The standard InChI is InChI=1S/C18H22FN3OS/c1-20-18(21-9-10-24-16-5-3-2-4-6-16)22-12-14-7-8-17(19)15(11-14)13-23/h2-8,11,23H,9-10,12-13H2,1H3,(H2,20,21,22). The summed E-state index contributed by atoms with van der Waals surface area (Å²) < 4.78 is 13.4. The molecule has 2 aromatic rings. The summed E-state index contributed by atoms with van der Waals surface area (Å²) in [7, 11) is 1.71. The van der Waals surface area contributed by atoms with Gasteiger partial charge in [0.1, 0.15) is 5.82 Å². The van der Waals surface area contributed by atoms with Gasteiger partial charge in [0, 0.05) is 36.3 Å². The van der Waals surface area contributed by atoms with Gasteiger partial charge in [-0.2, -0.15) is 0 Å². The lowest BCUT2D eigenvalue weighted by atomic mass is 10.1. The summed E-state index contributed by atoms with van der Waals surface area (Å²) in [6.45, 7) is 0.993. The fraction of sp³-hybridized carbons (Fsp3) is 0.278. The normalized spacial score (nSPS) is 11.4. The Morgan fingerprint density at radius 2 is 1.96 bits per heavy atom. The second-order valence-corrected chi connectivity index (χ2v) is 6.27. The zero-order chi connectivity index (χ0) is 17.2. The van der Waals surface area contributed by atoms with Gasteiger partial charge in [-0.15, -0.1) is 11.8 Å². The van der Waals surface area contributed by atoms with Crippen molar-refractivity contribution in [2.45, 2.75) is 18.0 Å². The maximum absolute atomic E-state index is 13.4. The van der Waals surface area contributed by atoms with Crippen LogP contribution in [0.1, 0.15) is 11.1 Å². The first-order valence-electron chi connectivity index (χ1n) is 7.73. The highest BCUT2D eigenvalue weighted by atomic mass is 32.2. The van der Waals surface area contributed by atoms with E-state index >= 15 is 0 Å². The van der Waals surface area contributed by atoms with Crippen LogP contribution < -0.4 is 10.6 Å². The number of hydrogen-bond donors (Lipinski definition) is 3. The van der Waals surface area contributed by atoms with Crippen LogP contribution in [0.4, 0.5) is 4.39 Å². The lowest BCUT2D eigenvalue weighted by molar-refractivity contribution is 0.275. The van der Waals surface area contributed by atoms with E-state index in [4.69, 9.17) is 5.11 Å². The van der Waals surface area contributed by atoms with E-state index in [1.165, 1.54) is 11.0 Å². The van der Waals surface area contributed by atoms with Crippen molar-refractivity contribution in [2.75, 3.05) is 19.3 Å². The predicted octanol–water partition coefficient (Wildman–Crippen LogP) is 2.78. The van der Waals surface area contributed by atoms with Crippen molar-refractivity contribution < 1.29 is 9.50 Å². The third-order valence-corrected chi connectivity index (χ3v) is 4.38. The molecular weight excluding hydrogens is 325 g/mol. The van der Waals surface area contributed by atoms with Crippen molar-refractivity contribution in [1.29, 1.82) is 0 Å². The van der Waals surface area contributed by atoms with Crippen LogP contribution >= 0.6 is 11.8 Å². The van der Waals surface area contributed by atoms with Gasteiger partial charge >= 0.3 is 0 Å². The van der Waals surface area contributed by atoms with Crippen LogP contribution in [0.15, 0.2) is 58.4 Å². The molecule has 0 aliphatic rings. The molecule has 0 atom stereocenters. The molecule has 0 bridgehead atoms. The molecule has 0 amide bonds. The number of guanidine groups is 1. The second-order valence-electron chi connectivity index (χ2n) is 5.10. The topological polar surface area (TPSA) is 56.7 Å². The molecule has 0 aliphatic heterocycles. The zero-order valence-corrected chi connectivity index (χ0v) is 14.4. The van der Waals surface area contributed by atoms with Gasteiger partial charge in [0.15, 0.2) is 5.96 Å². The van der Waals surface area contributed by atoms with Crippen LogP contribution in [0.25, 0.3) is 0 Å². The van der Waals surface area contributed by atoms with Crippen molar-refractivity contribution in [3.8, 4) is 0 Å². The first-order valence-corrected chi connectivity index (χ1v) is 8.72. The van der Waals surface area contributed by atoms with Crippen LogP contribution in [0.2, 0.25) is 0 Å². The Kier molecular flexibility index (Phi) is 7.58. The van der Waals surface area contributed by atoms with Gasteiger partial charge in [-0.1, -0.05) is 24.3 Å². The van der Waals surface area contributed by atoms with Gasteiger partial charge in [-0.05, 0) is 29.8 Å². The molecule has 4 nitrogen and oxygen atoms in total. The Labute approximate surface area is 146 Å². The molecule has 6 heteroatoms. The van der Waals surface area contributed by atoms with Crippen molar-refractivity contribution in [3.63, 3.8) is 0 Å².